The number of allylic oxidation sites excluding steroid dienone is 1. The van der Waals surface area contributed by atoms with E-state index in [0.29, 0.717) is 13.0 Å². The Hall–Kier alpha value is -0.330. The fourth-order valence-electron chi connectivity index (χ4n) is 1.57. The minimum atomic E-state index is -0.282. The largest absolute Gasteiger partial charge is 0.356 e. The van der Waals surface area contributed by atoms with E-state index in [1.807, 2.05) is 13.1 Å². The maximum atomic E-state index is 12.0. The summed E-state index contributed by atoms with van der Waals surface area (Å²) in [4.78, 5) is 6.26. The fraction of sp³-hybridized carbons (Fsp3) is 0.769. The van der Waals surface area contributed by atoms with Gasteiger partial charge in [0.15, 0.2) is 5.96 Å². The van der Waals surface area contributed by atoms with Gasteiger partial charge in [0.25, 0.3) is 0 Å². The predicted octanol–water partition coefficient (Wildman–Crippen LogP) is 3.22. The minimum absolute atomic E-state index is 0. The van der Waals surface area contributed by atoms with E-state index in [0.717, 1.165) is 25.3 Å². The van der Waals surface area contributed by atoms with Crippen LogP contribution in [0.2, 0.25) is 0 Å². The molecule has 1 N–H and O–H groups in total. The van der Waals surface area contributed by atoms with Gasteiger partial charge in [0.1, 0.15) is 0 Å². The molecular weight excluding hydrogens is 344 g/mol. The zero-order chi connectivity index (χ0) is 12.9. The standard InChI is InChI=1S/C13H26FN3.HI/c1-4-5-6-7-8-12-17(3)13(15-2)16-11-9-10-14;/h4H,1,5-12H2,2-3H3,(H,15,16);1H. The van der Waals surface area contributed by atoms with E-state index in [2.05, 4.69) is 21.8 Å². The summed E-state index contributed by atoms with van der Waals surface area (Å²) >= 11 is 0. The first-order valence-corrected chi connectivity index (χ1v) is 6.35. The van der Waals surface area contributed by atoms with Crippen molar-refractivity contribution >= 4 is 29.9 Å². The number of hydrogen-bond acceptors (Lipinski definition) is 1. The molecule has 5 heteroatoms. The maximum Gasteiger partial charge on any atom is 0.193 e. The summed E-state index contributed by atoms with van der Waals surface area (Å²) in [7, 11) is 3.77. The minimum Gasteiger partial charge on any atom is -0.356 e. The highest BCUT2D eigenvalue weighted by molar-refractivity contribution is 14.0. The third-order valence-electron chi connectivity index (χ3n) is 2.57. The van der Waals surface area contributed by atoms with E-state index in [-0.39, 0.29) is 30.7 Å². The van der Waals surface area contributed by atoms with Crippen LogP contribution < -0.4 is 5.32 Å². The van der Waals surface area contributed by atoms with Crippen molar-refractivity contribution in [1.29, 1.82) is 0 Å². The van der Waals surface area contributed by atoms with Gasteiger partial charge in [-0.25, -0.2) is 0 Å². The summed E-state index contributed by atoms with van der Waals surface area (Å²) in [5.74, 6) is 0.849. The lowest BCUT2D eigenvalue weighted by molar-refractivity contribution is 0.441. The molecule has 0 atom stereocenters. The van der Waals surface area contributed by atoms with Crippen LogP contribution in [0.15, 0.2) is 17.6 Å². The normalized spacial score (nSPS) is 10.7. The second-order valence-electron chi connectivity index (χ2n) is 4.08. The second-order valence-corrected chi connectivity index (χ2v) is 4.08. The topological polar surface area (TPSA) is 27.6 Å². The molecule has 0 radical (unpaired) electrons. The average molecular weight is 371 g/mol. The van der Waals surface area contributed by atoms with Crippen molar-refractivity contribution < 1.29 is 4.39 Å². The van der Waals surface area contributed by atoms with Gasteiger partial charge in [-0.2, -0.15) is 0 Å². The highest BCUT2D eigenvalue weighted by Gasteiger charge is 2.03. The molecule has 0 saturated carbocycles. The van der Waals surface area contributed by atoms with Gasteiger partial charge < -0.3 is 10.2 Å². The molecule has 108 valence electrons. The lowest BCUT2D eigenvalue weighted by atomic mass is 10.2. The van der Waals surface area contributed by atoms with Gasteiger partial charge in [-0.3, -0.25) is 9.38 Å². The number of aliphatic imine (C=N–C) groups is 1. The Bertz CT molecular complexity index is 222. The number of hydrogen-bond donors (Lipinski definition) is 1. The third kappa shape index (κ3) is 10.8. The molecule has 0 heterocycles. The monoisotopic (exact) mass is 371 g/mol. The third-order valence-corrected chi connectivity index (χ3v) is 2.57. The molecule has 0 rings (SSSR count). The Kier molecular flexibility index (Phi) is 16.4. The van der Waals surface area contributed by atoms with Gasteiger partial charge in [-0.1, -0.05) is 12.5 Å². The van der Waals surface area contributed by atoms with E-state index in [4.69, 9.17) is 0 Å². The fourth-order valence-corrected chi connectivity index (χ4v) is 1.57. The molecule has 0 unspecified atom stereocenters. The molecule has 0 bridgehead atoms. The molecule has 0 spiro atoms. The van der Waals surface area contributed by atoms with Gasteiger partial charge in [0.05, 0.1) is 6.67 Å². The molecular formula is C13H27FIN3. The lowest BCUT2D eigenvalue weighted by Gasteiger charge is -2.21. The van der Waals surface area contributed by atoms with E-state index in [1.54, 1.807) is 7.05 Å². The number of halogens is 2. The van der Waals surface area contributed by atoms with Gasteiger partial charge in [0, 0.05) is 27.2 Å². The average Bonchev–Trinajstić information content (AvgIpc) is 2.34. The Morgan fingerprint density at radius 1 is 1.33 bits per heavy atom. The number of nitrogens with zero attached hydrogens (tertiary/aromatic N) is 2. The molecule has 0 fully saturated rings. The molecule has 0 aromatic carbocycles. The first-order chi connectivity index (χ1) is 8.26. The molecule has 0 aliphatic heterocycles. The lowest BCUT2D eigenvalue weighted by Crippen LogP contribution is -2.39. The highest BCUT2D eigenvalue weighted by Crippen LogP contribution is 2.01. The summed E-state index contributed by atoms with van der Waals surface area (Å²) in [6.45, 7) is 5.05. The van der Waals surface area contributed by atoms with Crippen molar-refractivity contribution in [2.24, 2.45) is 4.99 Å². The van der Waals surface area contributed by atoms with E-state index < -0.39 is 0 Å². The molecule has 0 aromatic rings. The number of unbranched alkanes of at least 4 members (excludes halogenated alkanes) is 3. The predicted molar refractivity (Wildman–Crippen MR) is 88.7 cm³/mol. The zero-order valence-electron chi connectivity index (χ0n) is 11.6. The second kappa shape index (κ2) is 14.7. The summed E-state index contributed by atoms with van der Waals surface area (Å²) in [5, 5.41) is 3.14. The van der Waals surface area contributed by atoms with E-state index in [1.165, 1.54) is 12.8 Å². The van der Waals surface area contributed by atoms with Crippen molar-refractivity contribution in [2.75, 3.05) is 33.9 Å². The number of nitrogens with one attached hydrogen (secondary N) is 1. The molecule has 0 aliphatic rings. The van der Waals surface area contributed by atoms with Crippen LogP contribution in [0.1, 0.15) is 32.1 Å². The maximum absolute atomic E-state index is 12.0. The Labute approximate surface area is 128 Å². The van der Waals surface area contributed by atoms with E-state index >= 15 is 0 Å². The molecule has 3 nitrogen and oxygen atoms in total. The number of alkyl halides is 1. The summed E-state index contributed by atoms with van der Waals surface area (Å²) in [5.41, 5.74) is 0. The first kappa shape index (κ1) is 20.0. The molecule has 0 aromatic heterocycles. The van der Waals surface area contributed by atoms with Gasteiger partial charge in [-0.15, -0.1) is 30.6 Å². The smallest absolute Gasteiger partial charge is 0.193 e. The molecule has 0 aliphatic carbocycles. The Morgan fingerprint density at radius 2 is 2.06 bits per heavy atom. The van der Waals surface area contributed by atoms with Crippen LogP contribution in [-0.2, 0) is 0 Å². The van der Waals surface area contributed by atoms with Crippen LogP contribution in [-0.4, -0.2) is 44.7 Å². The summed E-state index contributed by atoms with van der Waals surface area (Å²) in [6, 6.07) is 0. The van der Waals surface area contributed by atoms with E-state index in [9.17, 15) is 4.39 Å². The summed E-state index contributed by atoms with van der Waals surface area (Å²) < 4.78 is 12.0. The van der Waals surface area contributed by atoms with Gasteiger partial charge in [-0.05, 0) is 25.7 Å². The molecule has 0 amide bonds. The number of rotatable bonds is 9. The van der Waals surface area contributed by atoms with Crippen LogP contribution in [0, 0.1) is 0 Å². The van der Waals surface area contributed by atoms with Crippen molar-refractivity contribution in [2.45, 2.75) is 32.1 Å². The quantitative estimate of drug-likeness (QED) is 0.222. The SMILES string of the molecule is C=CCCCCCN(C)C(=NC)NCCCF.I. The van der Waals surface area contributed by atoms with Crippen molar-refractivity contribution in [3.05, 3.63) is 12.7 Å². The van der Waals surface area contributed by atoms with Gasteiger partial charge in [0.2, 0.25) is 0 Å². The van der Waals surface area contributed by atoms with Crippen LogP contribution in [0.25, 0.3) is 0 Å². The Morgan fingerprint density at radius 3 is 2.61 bits per heavy atom. The van der Waals surface area contributed by atoms with Crippen molar-refractivity contribution in [3.63, 3.8) is 0 Å². The molecule has 0 saturated heterocycles. The van der Waals surface area contributed by atoms with Crippen LogP contribution in [0.5, 0.6) is 0 Å². The van der Waals surface area contributed by atoms with Crippen molar-refractivity contribution in [1.82, 2.24) is 10.2 Å². The first-order valence-electron chi connectivity index (χ1n) is 6.35. The number of guanidine groups is 1. The van der Waals surface area contributed by atoms with Crippen LogP contribution in [0.4, 0.5) is 4.39 Å². The Balaban J connectivity index is 0. The van der Waals surface area contributed by atoms with Crippen LogP contribution >= 0.6 is 24.0 Å². The van der Waals surface area contributed by atoms with Crippen LogP contribution in [0.3, 0.4) is 0 Å². The molecule has 18 heavy (non-hydrogen) atoms. The highest BCUT2D eigenvalue weighted by atomic mass is 127. The summed E-state index contributed by atoms with van der Waals surface area (Å²) in [6.07, 6.45) is 7.14. The van der Waals surface area contributed by atoms with Gasteiger partial charge >= 0.3 is 0 Å². The van der Waals surface area contributed by atoms with Crippen molar-refractivity contribution in [3.8, 4) is 0 Å². The zero-order valence-corrected chi connectivity index (χ0v) is 14.0.